The molecule has 0 spiro atoms. The predicted molar refractivity (Wildman–Crippen MR) is 84.8 cm³/mol. The van der Waals surface area contributed by atoms with Gasteiger partial charge >= 0.3 is 11.9 Å². The number of rotatable bonds is 3. The summed E-state index contributed by atoms with van der Waals surface area (Å²) >= 11 is 0. The highest BCUT2D eigenvalue weighted by molar-refractivity contribution is 7.89. The van der Waals surface area contributed by atoms with Gasteiger partial charge in [-0.05, 0) is 45.7 Å². The molecule has 9 heteroatoms. The minimum atomic E-state index is -2.96. The van der Waals surface area contributed by atoms with Crippen LogP contribution >= 0.6 is 0 Å². The average molecular weight is 350 g/mol. The molecule has 0 aliphatic carbocycles. The molecule has 134 valence electrons. The fourth-order valence-corrected chi connectivity index (χ4v) is 4.08. The molecular weight excluding hydrogens is 324 g/mol. The van der Waals surface area contributed by atoms with E-state index >= 15 is 0 Å². The molecule has 0 saturated carbocycles. The van der Waals surface area contributed by atoms with Gasteiger partial charge in [0.2, 0.25) is 10.0 Å². The van der Waals surface area contributed by atoms with Crippen molar-refractivity contribution < 1.29 is 28.2 Å². The van der Waals surface area contributed by atoms with Gasteiger partial charge in [0.05, 0.1) is 5.75 Å². The number of piperidine rings is 2. The van der Waals surface area contributed by atoms with E-state index in [0.717, 1.165) is 25.9 Å². The number of aliphatic carboxylic acids is 2. The maximum Gasteiger partial charge on any atom is 0.414 e. The Morgan fingerprint density at radius 1 is 0.957 bits per heavy atom. The van der Waals surface area contributed by atoms with Crippen LogP contribution in [0.15, 0.2) is 0 Å². The first kappa shape index (κ1) is 19.9. The lowest BCUT2D eigenvalue weighted by Gasteiger charge is -2.39. The zero-order chi connectivity index (χ0) is 17.5. The van der Waals surface area contributed by atoms with Crippen LogP contribution in [0.4, 0.5) is 0 Å². The summed E-state index contributed by atoms with van der Waals surface area (Å²) < 4.78 is 25.2. The van der Waals surface area contributed by atoms with Crippen LogP contribution in [0.3, 0.4) is 0 Å². The molecule has 0 aromatic heterocycles. The van der Waals surface area contributed by atoms with Crippen LogP contribution in [0.2, 0.25) is 0 Å². The van der Waals surface area contributed by atoms with Crippen LogP contribution in [0, 0.1) is 0 Å². The molecule has 2 rings (SSSR count). The van der Waals surface area contributed by atoms with Gasteiger partial charge in [-0.25, -0.2) is 22.3 Å². The maximum atomic E-state index is 11.7. The predicted octanol–water partition coefficient (Wildman–Crippen LogP) is 0.442. The topological polar surface area (TPSA) is 115 Å². The fourth-order valence-electron chi connectivity index (χ4n) is 2.95. The number of carboxylic acid groups (broad SMARTS) is 2. The van der Waals surface area contributed by atoms with Crippen LogP contribution in [-0.4, -0.2) is 77.7 Å². The molecule has 8 nitrogen and oxygen atoms in total. The molecule has 0 aromatic carbocycles. The van der Waals surface area contributed by atoms with Crippen molar-refractivity contribution in [3.63, 3.8) is 0 Å². The summed E-state index contributed by atoms with van der Waals surface area (Å²) in [5, 5.41) is 14.8. The number of carboxylic acids is 2. The van der Waals surface area contributed by atoms with Crippen molar-refractivity contribution in [2.24, 2.45) is 0 Å². The van der Waals surface area contributed by atoms with Gasteiger partial charge < -0.3 is 15.1 Å². The third kappa shape index (κ3) is 6.44. The van der Waals surface area contributed by atoms with Crippen molar-refractivity contribution in [2.75, 3.05) is 31.9 Å². The summed E-state index contributed by atoms with van der Waals surface area (Å²) in [5.74, 6) is -3.41. The number of carbonyl (C=O) groups is 2. The van der Waals surface area contributed by atoms with Crippen LogP contribution in [0.25, 0.3) is 0 Å². The number of nitrogens with zero attached hydrogens (tertiary/aromatic N) is 2. The lowest BCUT2D eigenvalue weighted by molar-refractivity contribution is -0.159. The molecule has 2 N–H and O–H groups in total. The highest BCUT2D eigenvalue weighted by atomic mass is 32.2. The molecule has 2 aliphatic heterocycles. The van der Waals surface area contributed by atoms with Crippen molar-refractivity contribution in [2.45, 2.75) is 45.1 Å². The molecule has 0 radical (unpaired) electrons. The number of sulfonamides is 1. The third-order valence-electron chi connectivity index (χ3n) is 4.27. The van der Waals surface area contributed by atoms with Gasteiger partial charge in [0.1, 0.15) is 0 Å². The van der Waals surface area contributed by atoms with E-state index < -0.39 is 22.0 Å². The minimum absolute atomic E-state index is 0.237. The molecule has 2 saturated heterocycles. The Morgan fingerprint density at radius 3 is 1.83 bits per heavy atom. The third-order valence-corrected chi connectivity index (χ3v) is 6.15. The van der Waals surface area contributed by atoms with E-state index in [4.69, 9.17) is 19.8 Å². The van der Waals surface area contributed by atoms with E-state index in [2.05, 4.69) is 4.90 Å². The Morgan fingerprint density at radius 2 is 1.43 bits per heavy atom. The molecule has 2 fully saturated rings. The molecule has 2 heterocycles. The Kier molecular flexibility index (Phi) is 7.93. The molecular formula is C14H26N2O6S. The van der Waals surface area contributed by atoms with Crippen molar-refractivity contribution in [3.8, 4) is 0 Å². The van der Waals surface area contributed by atoms with Gasteiger partial charge in [0, 0.05) is 19.1 Å². The monoisotopic (exact) mass is 350 g/mol. The first-order chi connectivity index (χ1) is 10.8. The van der Waals surface area contributed by atoms with Crippen molar-refractivity contribution in [1.29, 1.82) is 0 Å². The first-order valence-corrected chi connectivity index (χ1v) is 9.57. The van der Waals surface area contributed by atoms with Gasteiger partial charge in [-0.2, -0.15) is 0 Å². The lowest BCUT2D eigenvalue weighted by atomic mass is 10.0. The second-order valence-electron chi connectivity index (χ2n) is 5.74. The molecule has 2 aliphatic rings. The summed E-state index contributed by atoms with van der Waals surface area (Å²) in [6.45, 7) is 5.59. The Labute approximate surface area is 137 Å². The first-order valence-electron chi connectivity index (χ1n) is 7.96. The molecule has 0 bridgehead atoms. The second-order valence-corrected chi connectivity index (χ2v) is 8.00. The standard InChI is InChI=1S/C12H24N2O2S.C2H2O4/c1-2-17(15,16)14-10-6-12(7-11-14)13-8-4-3-5-9-13;3-1(4)2(5)6/h12H,2-11H2,1H3;(H,3,4)(H,5,6). The van der Waals surface area contributed by atoms with Gasteiger partial charge in [-0.1, -0.05) is 6.42 Å². The van der Waals surface area contributed by atoms with E-state index in [1.54, 1.807) is 11.2 Å². The van der Waals surface area contributed by atoms with Gasteiger partial charge in [0.15, 0.2) is 0 Å². The molecule has 0 atom stereocenters. The SMILES string of the molecule is CCS(=O)(=O)N1CCC(N2CCCCC2)CC1.O=C(O)C(=O)O. The smallest absolute Gasteiger partial charge is 0.414 e. The zero-order valence-corrected chi connectivity index (χ0v) is 14.3. The van der Waals surface area contributed by atoms with Crippen molar-refractivity contribution in [1.82, 2.24) is 9.21 Å². The summed E-state index contributed by atoms with van der Waals surface area (Å²) in [6.07, 6.45) is 6.01. The molecule has 0 aromatic rings. The zero-order valence-electron chi connectivity index (χ0n) is 13.5. The lowest BCUT2D eigenvalue weighted by Crippen LogP contribution is -2.48. The number of hydrogen-bond acceptors (Lipinski definition) is 5. The quantitative estimate of drug-likeness (QED) is 0.710. The normalized spacial score (nSPS) is 21.3. The van der Waals surface area contributed by atoms with Crippen LogP contribution in [-0.2, 0) is 19.6 Å². The van der Waals surface area contributed by atoms with Crippen LogP contribution in [0.5, 0.6) is 0 Å². The van der Waals surface area contributed by atoms with E-state index in [-0.39, 0.29) is 5.75 Å². The van der Waals surface area contributed by atoms with Crippen molar-refractivity contribution >= 4 is 22.0 Å². The minimum Gasteiger partial charge on any atom is -0.473 e. The van der Waals surface area contributed by atoms with E-state index in [0.29, 0.717) is 6.04 Å². The van der Waals surface area contributed by atoms with Gasteiger partial charge in [0.25, 0.3) is 0 Å². The Bertz CT molecular complexity index is 481. The molecule has 0 unspecified atom stereocenters. The number of likely N-dealkylation sites (tertiary alicyclic amines) is 1. The highest BCUT2D eigenvalue weighted by Crippen LogP contribution is 2.22. The molecule has 0 amide bonds. The highest BCUT2D eigenvalue weighted by Gasteiger charge is 2.29. The molecule has 23 heavy (non-hydrogen) atoms. The van der Waals surface area contributed by atoms with Crippen LogP contribution < -0.4 is 0 Å². The summed E-state index contributed by atoms with van der Waals surface area (Å²) in [6, 6.07) is 0.624. The maximum absolute atomic E-state index is 11.7. The summed E-state index contributed by atoms with van der Waals surface area (Å²) in [7, 11) is -2.96. The number of hydrogen-bond donors (Lipinski definition) is 2. The average Bonchev–Trinajstić information content (AvgIpc) is 2.56. The van der Waals surface area contributed by atoms with E-state index in [1.807, 2.05) is 0 Å². The largest absolute Gasteiger partial charge is 0.473 e. The van der Waals surface area contributed by atoms with Crippen molar-refractivity contribution in [3.05, 3.63) is 0 Å². The van der Waals surface area contributed by atoms with E-state index in [1.165, 1.54) is 32.4 Å². The summed E-state index contributed by atoms with van der Waals surface area (Å²) in [4.78, 5) is 20.8. The summed E-state index contributed by atoms with van der Waals surface area (Å²) in [5.41, 5.74) is 0. The van der Waals surface area contributed by atoms with Crippen LogP contribution in [0.1, 0.15) is 39.0 Å². The van der Waals surface area contributed by atoms with Gasteiger partial charge in [-0.3, -0.25) is 0 Å². The van der Waals surface area contributed by atoms with E-state index in [9.17, 15) is 8.42 Å². The van der Waals surface area contributed by atoms with Gasteiger partial charge in [-0.15, -0.1) is 0 Å². The fraction of sp³-hybridized carbons (Fsp3) is 0.857. The Hall–Kier alpha value is -1.19. The second kappa shape index (κ2) is 9.19. The Balaban J connectivity index is 0.000000379.